The molecule has 0 radical (unpaired) electrons. The van der Waals surface area contributed by atoms with Crippen LogP contribution in [-0.2, 0) is 0 Å². The second-order valence-corrected chi connectivity index (χ2v) is 2.68. The molecule has 70 valence electrons. The Morgan fingerprint density at radius 3 is 2.38 bits per heavy atom. The van der Waals surface area contributed by atoms with Crippen LogP contribution in [0.15, 0.2) is 24.3 Å². The van der Waals surface area contributed by atoms with Gasteiger partial charge in [0.1, 0.15) is 0 Å². The molecule has 0 spiro atoms. The number of benzene rings is 1. The fourth-order valence-corrected chi connectivity index (χ4v) is 0.889. The number of anilines is 1. The molecule has 0 saturated carbocycles. The summed E-state index contributed by atoms with van der Waals surface area (Å²) < 4.78 is 0. The Hall–Kier alpha value is -1.75. The van der Waals surface area contributed by atoms with Gasteiger partial charge >= 0.3 is 6.03 Å². The van der Waals surface area contributed by atoms with Crippen LogP contribution in [0.3, 0.4) is 0 Å². The fourth-order valence-electron chi connectivity index (χ4n) is 0.889. The number of nitrogens with one attached hydrogen (secondary N) is 1. The van der Waals surface area contributed by atoms with Crippen LogP contribution in [0.2, 0.25) is 0 Å². The van der Waals surface area contributed by atoms with Crippen molar-refractivity contribution in [1.82, 2.24) is 5.43 Å². The number of amides is 2. The molecule has 0 unspecified atom stereocenters. The molecule has 2 amide bonds. The van der Waals surface area contributed by atoms with Crippen LogP contribution >= 0.6 is 0 Å². The summed E-state index contributed by atoms with van der Waals surface area (Å²) >= 11 is 0. The van der Waals surface area contributed by atoms with Crippen LogP contribution < -0.4 is 22.1 Å². The largest absolute Gasteiger partial charge is 0.350 e. The van der Waals surface area contributed by atoms with Gasteiger partial charge in [-0.2, -0.15) is 0 Å². The fraction of sp³-hybridized carbons (Fsp3) is 0.125. The summed E-state index contributed by atoms with van der Waals surface area (Å²) in [5, 5.41) is 1.07. The topological polar surface area (TPSA) is 84.4 Å². The van der Waals surface area contributed by atoms with Crippen molar-refractivity contribution in [2.24, 2.45) is 11.6 Å². The van der Waals surface area contributed by atoms with Gasteiger partial charge in [0.2, 0.25) is 0 Å². The van der Waals surface area contributed by atoms with Gasteiger partial charge in [-0.05, 0) is 19.1 Å². The monoisotopic (exact) mass is 180 g/mol. The molecular weight excluding hydrogens is 168 g/mol. The van der Waals surface area contributed by atoms with E-state index in [2.05, 4.69) is 5.43 Å². The average molecular weight is 180 g/mol. The van der Waals surface area contributed by atoms with E-state index in [9.17, 15) is 4.79 Å². The van der Waals surface area contributed by atoms with Gasteiger partial charge in [-0.25, -0.2) is 21.2 Å². The first kappa shape index (κ1) is 9.34. The standard InChI is InChI=1S/C8H12N4O/c1-6-2-4-7(5-3-6)12(10)11-8(9)13/h2-5H,10H2,1H3,(H3,9,11,13). The number of aryl methyl sites for hydroxylation is 1. The summed E-state index contributed by atoms with van der Waals surface area (Å²) in [7, 11) is 0. The van der Waals surface area contributed by atoms with Gasteiger partial charge in [-0.15, -0.1) is 0 Å². The van der Waals surface area contributed by atoms with E-state index in [1.807, 2.05) is 19.1 Å². The number of primary amides is 1. The molecule has 0 aromatic heterocycles. The summed E-state index contributed by atoms with van der Waals surface area (Å²) in [6, 6.07) is 6.65. The van der Waals surface area contributed by atoms with Gasteiger partial charge in [-0.1, -0.05) is 17.7 Å². The van der Waals surface area contributed by atoms with Gasteiger partial charge in [0, 0.05) is 0 Å². The predicted molar refractivity (Wildman–Crippen MR) is 50.6 cm³/mol. The number of hydrogen-bond acceptors (Lipinski definition) is 3. The van der Waals surface area contributed by atoms with Crippen LogP contribution in [0.25, 0.3) is 0 Å². The Kier molecular flexibility index (Phi) is 2.71. The molecule has 13 heavy (non-hydrogen) atoms. The molecule has 1 aromatic rings. The van der Waals surface area contributed by atoms with Gasteiger partial charge in [0.05, 0.1) is 5.69 Å². The molecule has 1 aromatic carbocycles. The van der Waals surface area contributed by atoms with Gasteiger partial charge in [-0.3, -0.25) is 0 Å². The molecule has 0 bridgehead atoms. The average Bonchev–Trinajstić information content (AvgIpc) is 2.04. The van der Waals surface area contributed by atoms with Crippen molar-refractivity contribution in [3.63, 3.8) is 0 Å². The maximum Gasteiger partial charge on any atom is 0.332 e. The maximum atomic E-state index is 10.4. The Bertz CT molecular complexity index is 296. The van der Waals surface area contributed by atoms with Crippen LogP contribution in [0.5, 0.6) is 0 Å². The van der Waals surface area contributed by atoms with Crippen LogP contribution in [0.1, 0.15) is 5.56 Å². The van der Waals surface area contributed by atoms with Crippen LogP contribution in [-0.4, -0.2) is 6.03 Å². The van der Waals surface area contributed by atoms with E-state index in [4.69, 9.17) is 11.6 Å². The van der Waals surface area contributed by atoms with Crippen LogP contribution in [0, 0.1) is 6.92 Å². The number of hydrazine groups is 2. The first-order chi connectivity index (χ1) is 6.09. The van der Waals surface area contributed by atoms with Crippen molar-refractivity contribution < 1.29 is 4.79 Å². The van der Waals surface area contributed by atoms with Crippen LogP contribution in [0.4, 0.5) is 10.5 Å². The molecule has 0 aliphatic rings. The summed E-state index contributed by atoms with van der Waals surface area (Å²) in [5.41, 5.74) is 8.91. The minimum Gasteiger partial charge on any atom is -0.350 e. The highest BCUT2D eigenvalue weighted by Gasteiger charge is 2.01. The smallest absolute Gasteiger partial charge is 0.332 e. The molecule has 1 rings (SSSR count). The van der Waals surface area contributed by atoms with Crippen molar-refractivity contribution in [1.29, 1.82) is 0 Å². The molecule has 0 fully saturated rings. The summed E-state index contributed by atoms with van der Waals surface area (Å²) in [5.74, 6) is 5.47. The highest BCUT2D eigenvalue weighted by atomic mass is 16.2. The first-order valence-electron chi connectivity index (χ1n) is 3.77. The number of rotatable bonds is 2. The number of carbonyl (C=O) groups excluding carboxylic acids is 1. The van der Waals surface area contributed by atoms with Crippen molar-refractivity contribution in [2.45, 2.75) is 6.92 Å². The normalized spacial score (nSPS) is 9.38. The van der Waals surface area contributed by atoms with Gasteiger partial charge in [0.25, 0.3) is 0 Å². The third-order valence-corrected chi connectivity index (χ3v) is 1.54. The quantitative estimate of drug-likeness (QED) is 0.451. The third-order valence-electron chi connectivity index (χ3n) is 1.54. The Morgan fingerprint density at radius 1 is 1.38 bits per heavy atom. The van der Waals surface area contributed by atoms with E-state index < -0.39 is 6.03 Å². The summed E-state index contributed by atoms with van der Waals surface area (Å²) in [6.45, 7) is 1.96. The van der Waals surface area contributed by atoms with Crippen molar-refractivity contribution in [3.05, 3.63) is 29.8 Å². The molecule has 0 aliphatic carbocycles. The highest BCUT2D eigenvalue weighted by molar-refractivity contribution is 5.73. The summed E-state index contributed by atoms with van der Waals surface area (Å²) in [6.07, 6.45) is 0. The van der Waals surface area contributed by atoms with E-state index >= 15 is 0 Å². The Labute approximate surface area is 76.3 Å². The van der Waals surface area contributed by atoms with Gasteiger partial charge < -0.3 is 5.73 Å². The molecule has 5 N–H and O–H groups in total. The van der Waals surface area contributed by atoms with Crippen molar-refractivity contribution >= 4 is 11.7 Å². The zero-order valence-electron chi connectivity index (χ0n) is 7.32. The number of nitrogens with two attached hydrogens (primary N) is 2. The lowest BCUT2D eigenvalue weighted by atomic mass is 10.2. The molecule has 0 saturated heterocycles. The molecule has 5 nitrogen and oxygen atoms in total. The van der Waals surface area contributed by atoms with Crippen molar-refractivity contribution in [2.75, 3.05) is 5.12 Å². The Morgan fingerprint density at radius 2 is 1.92 bits per heavy atom. The van der Waals surface area contributed by atoms with E-state index in [-0.39, 0.29) is 0 Å². The lowest BCUT2D eigenvalue weighted by molar-refractivity contribution is 0.248. The highest BCUT2D eigenvalue weighted by Crippen LogP contribution is 2.09. The SMILES string of the molecule is Cc1ccc(N(N)NC(N)=O)cc1. The predicted octanol–water partition coefficient (Wildman–Crippen LogP) is 0.258. The zero-order chi connectivity index (χ0) is 9.84. The minimum absolute atomic E-state index is 0.671. The molecule has 0 heterocycles. The number of nitrogens with zero attached hydrogens (tertiary/aromatic N) is 1. The second-order valence-electron chi connectivity index (χ2n) is 2.68. The maximum absolute atomic E-state index is 10.4. The van der Waals surface area contributed by atoms with E-state index in [0.29, 0.717) is 5.69 Å². The summed E-state index contributed by atoms with van der Waals surface area (Å²) in [4.78, 5) is 10.4. The molecule has 5 heteroatoms. The molecular formula is C8H12N4O. The number of carbonyl (C=O) groups is 1. The zero-order valence-corrected chi connectivity index (χ0v) is 7.32. The second kappa shape index (κ2) is 3.77. The molecule has 0 atom stereocenters. The number of urea groups is 1. The van der Waals surface area contributed by atoms with E-state index in [1.54, 1.807) is 12.1 Å². The van der Waals surface area contributed by atoms with E-state index in [1.165, 1.54) is 0 Å². The lowest BCUT2D eigenvalue weighted by Gasteiger charge is -2.17. The minimum atomic E-state index is -0.692. The van der Waals surface area contributed by atoms with E-state index in [0.717, 1.165) is 10.7 Å². The number of hydrogen-bond donors (Lipinski definition) is 3. The van der Waals surface area contributed by atoms with Gasteiger partial charge in [0.15, 0.2) is 0 Å². The first-order valence-corrected chi connectivity index (χ1v) is 3.77. The van der Waals surface area contributed by atoms with Crippen molar-refractivity contribution in [3.8, 4) is 0 Å². The lowest BCUT2D eigenvalue weighted by Crippen LogP contribution is -2.49. The Balaban J connectivity index is 2.71. The molecule has 0 aliphatic heterocycles. The third kappa shape index (κ3) is 2.64.